The number of halogens is 1. The van der Waals surface area contributed by atoms with E-state index in [4.69, 9.17) is 4.74 Å². The molecule has 2 aliphatic rings. The van der Waals surface area contributed by atoms with Gasteiger partial charge in [0.05, 0.1) is 7.11 Å². The minimum atomic E-state index is -1.21. The summed E-state index contributed by atoms with van der Waals surface area (Å²) in [6.07, 6.45) is 1.69. The van der Waals surface area contributed by atoms with Gasteiger partial charge < -0.3 is 4.74 Å². The third kappa shape index (κ3) is 2.28. The minimum Gasteiger partial charge on any atom is -0.468 e. The lowest BCUT2D eigenvalue weighted by Crippen LogP contribution is -2.53. The van der Waals surface area contributed by atoms with E-state index >= 15 is 0 Å². The summed E-state index contributed by atoms with van der Waals surface area (Å²) in [5.41, 5.74) is -0.178. The molecule has 128 valence electrons. The monoisotopic (exact) mass is 392 g/mol. The van der Waals surface area contributed by atoms with Crippen molar-refractivity contribution in [1.82, 2.24) is 0 Å². The highest BCUT2D eigenvalue weighted by atomic mass is 79.9. The van der Waals surface area contributed by atoms with Crippen molar-refractivity contribution in [3.8, 4) is 0 Å². The van der Waals surface area contributed by atoms with Crippen LogP contribution in [0.1, 0.15) is 49.0 Å². The number of rotatable bonds is 2. The molecule has 3 rings (SSSR count). The third-order valence-corrected chi connectivity index (χ3v) is 6.26. The first-order chi connectivity index (χ1) is 11.3. The van der Waals surface area contributed by atoms with Crippen LogP contribution in [0.3, 0.4) is 0 Å². The molecule has 3 unspecified atom stereocenters. The lowest BCUT2D eigenvalue weighted by molar-refractivity contribution is -0.165. The lowest BCUT2D eigenvalue weighted by Gasteiger charge is -2.44. The van der Waals surface area contributed by atoms with Crippen molar-refractivity contribution in [1.29, 1.82) is 0 Å². The van der Waals surface area contributed by atoms with Gasteiger partial charge in [-0.1, -0.05) is 35.8 Å². The largest absolute Gasteiger partial charge is 0.468 e. The molecule has 1 fully saturated rings. The molecular formula is C19H21BrO4. The topological polar surface area (TPSA) is 60.4 Å². The summed E-state index contributed by atoms with van der Waals surface area (Å²) in [5, 5.41) is 0. The number of hydrogen-bond donors (Lipinski definition) is 0. The number of ether oxygens (including phenoxy) is 1. The Bertz CT molecular complexity index is 741. The smallest absolute Gasteiger partial charge is 0.319 e. The van der Waals surface area contributed by atoms with Gasteiger partial charge in [0, 0.05) is 21.4 Å². The molecule has 3 atom stereocenters. The lowest BCUT2D eigenvalue weighted by atomic mass is 9.56. The van der Waals surface area contributed by atoms with Crippen molar-refractivity contribution < 1.29 is 19.1 Å². The number of Topliss-reactive ketones (excluding diaryl/α,β-unsaturated/α-hetero) is 2. The van der Waals surface area contributed by atoms with Crippen LogP contribution in [0.25, 0.3) is 0 Å². The van der Waals surface area contributed by atoms with Crippen LogP contribution in [0.4, 0.5) is 0 Å². The van der Waals surface area contributed by atoms with Gasteiger partial charge in [-0.2, -0.15) is 0 Å². The number of fused-ring (bicyclic) bond motifs is 1. The van der Waals surface area contributed by atoms with Crippen LogP contribution in [-0.2, 0) is 20.7 Å². The van der Waals surface area contributed by atoms with Crippen LogP contribution >= 0.6 is 15.9 Å². The maximum absolute atomic E-state index is 13.2. The molecule has 0 aliphatic heterocycles. The van der Waals surface area contributed by atoms with Gasteiger partial charge in [-0.15, -0.1) is 0 Å². The number of ketones is 2. The van der Waals surface area contributed by atoms with Crippen LogP contribution < -0.4 is 0 Å². The van der Waals surface area contributed by atoms with Gasteiger partial charge in [-0.25, -0.2) is 0 Å². The maximum atomic E-state index is 13.2. The van der Waals surface area contributed by atoms with Crippen molar-refractivity contribution in [2.45, 2.75) is 39.5 Å². The molecule has 1 saturated carbocycles. The zero-order valence-electron chi connectivity index (χ0n) is 14.1. The molecule has 0 aromatic heterocycles. The molecule has 0 saturated heterocycles. The molecule has 1 aromatic carbocycles. The summed E-state index contributed by atoms with van der Waals surface area (Å²) in [4.78, 5) is 38.5. The van der Waals surface area contributed by atoms with E-state index in [0.717, 1.165) is 10.0 Å². The number of benzene rings is 1. The Kier molecular flexibility index (Phi) is 4.19. The fraction of sp³-hybridized carbons (Fsp3) is 0.526. The number of hydrogen-bond acceptors (Lipinski definition) is 4. The van der Waals surface area contributed by atoms with Crippen LogP contribution in [0.5, 0.6) is 0 Å². The van der Waals surface area contributed by atoms with Crippen molar-refractivity contribution in [2.75, 3.05) is 7.11 Å². The molecule has 0 bridgehead atoms. The summed E-state index contributed by atoms with van der Waals surface area (Å²) < 4.78 is 5.82. The summed E-state index contributed by atoms with van der Waals surface area (Å²) in [5.74, 6) is -0.877. The number of carbonyl (C=O) groups is 3. The Balaban J connectivity index is 2.08. The molecule has 0 radical (unpaired) electrons. The van der Waals surface area contributed by atoms with Gasteiger partial charge in [0.25, 0.3) is 0 Å². The minimum absolute atomic E-state index is 0.0554. The zero-order chi connectivity index (χ0) is 17.7. The zero-order valence-corrected chi connectivity index (χ0v) is 15.7. The SMILES string of the molecule is CCC1(C(=O)OC)CC2(Cc3ccc(Br)cc3C2=O)CC(C)C1=O. The number of esters is 1. The van der Waals surface area contributed by atoms with E-state index in [-0.39, 0.29) is 23.9 Å². The van der Waals surface area contributed by atoms with E-state index in [2.05, 4.69) is 15.9 Å². The van der Waals surface area contributed by atoms with Crippen LogP contribution in [0, 0.1) is 16.7 Å². The number of methoxy groups -OCH3 is 1. The van der Waals surface area contributed by atoms with Crippen LogP contribution in [0.2, 0.25) is 0 Å². The summed E-state index contributed by atoms with van der Waals surface area (Å²) in [7, 11) is 1.31. The van der Waals surface area contributed by atoms with Crippen molar-refractivity contribution >= 4 is 33.5 Å². The van der Waals surface area contributed by atoms with Gasteiger partial charge >= 0.3 is 5.97 Å². The van der Waals surface area contributed by atoms with Crippen molar-refractivity contribution in [3.63, 3.8) is 0 Å². The second-order valence-electron chi connectivity index (χ2n) is 7.16. The Labute approximate surface area is 150 Å². The van der Waals surface area contributed by atoms with E-state index in [1.165, 1.54) is 7.11 Å². The summed E-state index contributed by atoms with van der Waals surface area (Å²) in [6.45, 7) is 3.65. The highest BCUT2D eigenvalue weighted by Gasteiger charge is 2.61. The standard InChI is InChI=1S/C19H21BrO4/c1-4-19(17(23)24-3)10-18(8-11(2)15(19)21)9-12-5-6-13(20)7-14(12)16(18)22/h5-7,11H,4,8-10H2,1-3H3. The average molecular weight is 393 g/mol. The Morgan fingerprint density at radius 3 is 2.71 bits per heavy atom. The van der Waals surface area contributed by atoms with Gasteiger partial charge in [0.15, 0.2) is 11.6 Å². The molecule has 5 heteroatoms. The molecule has 24 heavy (non-hydrogen) atoms. The Morgan fingerprint density at radius 1 is 1.38 bits per heavy atom. The quantitative estimate of drug-likeness (QED) is 0.567. The van der Waals surface area contributed by atoms with E-state index in [9.17, 15) is 14.4 Å². The predicted molar refractivity (Wildman–Crippen MR) is 92.8 cm³/mol. The molecule has 0 amide bonds. The normalized spacial score (nSPS) is 32.1. The van der Waals surface area contributed by atoms with Crippen molar-refractivity contribution in [3.05, 3.63) is 33.8 Å². The molecule has 1 aromatic rings. The average Bonchev–Trinajstić information content (AvgIpc) is 2.82. The van der Waals surface area contributed by atoms with Gasteiger partial charge in [-0.05, 0) is 43.4 Å². The molecule has 4 nitrogen and oxygen atoms in total. The van der Waals surface area contributed by atoms with Gasteiger partial charge in [-0.3, -0.25) is 14.4 Å². The highest BCUT2D eigenvalue weighted by molar-refractivity contribution is 9.10. The molecular weight excluding hydrogens is 372 g/mol. The first kappa shape index (κ1) is 17.3. The van der Waals surface area contributed by atoms with Crippen LogP contribution in [-0.4, -0.2) is 24.6 Å². The Morgan fingerprint density at radius 2 is 2.08 bits per heavy atom. The van der Waals surface area contributed by atoms with E-state index in [0.29, 0.717) is 24.8 Å². The first-order valence-electron chi connectivity index (χ1n) is 8.25. The van der Waals surface area contributed by atoms with Gasteiger partial charge in [0.1, 0.15) is 5.41 Å². The first-order valence-corrected chi connectivity index (χ1v) is 9.05. The van der Waals surface area contributed by atoms with Gasteiger partial charge in [0.2, 0.25) is 0 Å². The second-order valence-corrected chi connectivity index (χ2v) is 8.08. The fourth-order valence-corrected chi connectivity index (χ4v) is 5.01. The Hall–Kier alpha value is -1.49. The molecule has 1 spiro atoms. The molecule has 0 heterocycles. The fourth-order valence-electron chi connectivity index (χ4n) is 4.65. The summed E-state index contributed by atoms with van der Waals surface area (Å²) >= 11 is 3.42. The van der Waals surface area contributed by atoms with E-state index in [1.54, 1.807) is 0 Å². The molecule has 2 aliphatic carbocycles. The third-order valence-electron chi connectivity index (χ3n) is 5.76. The summed E-state index contributed by atoms with van der Waals surface area (Å²) in [6, 6.07) is 5.73. The van der Waals surface area contributed by atoms with Crippen LogP contribution in [0.15, 0.2) is 22.7 Å². The second kappa shape index (κ2) is 5.80. The van der Waals surface area contributed by atoms with E-state index < -0.39 is 16.8 Å². The maximum Gasteiger partial charge on any atom is 0.319 e. The van der Waals surface area contributed by atoms with E-state index in [1.807, 2.05) is 32.0 Å². The van der Waals surface area contributed by atoms with Crippen molar-refractivity contribution in [2.24, 2.45) is 16.7 Å². The molecule has 0 N–H and O–H groups in total. The predicted octanol–water partition coefficient (Wildman–Crippen LogP) is 3.74. The highest BCUT2D eigenvalue weighted by Crippen LogP contribution is 2.55. The number of carbonyl (C=O) groups excluding carboxylic acids is 3.